The lowest BCUT2D eigenvalue weighted by atomic mass is 10.1. The normalized spacial score (nSPS) is 14.4. The fourth-order valence-electron chi connectivity index (χ4n) is 3.62. The zero-order valence-corrected chi connectivity index (χ0v) is 17.1. The van der Waals surface area contributed by atoms with Crippen molar-refractivity contribution < 1.29 is 4.79 Å². The van der Waals surface area contributed by atoms with Crippen LogP contribution in [0, 0.1) is 0 Å². The molecule has 5 heteroatoms. The minimum Gasteiger partial charge on any atom is -0.371 e. The number of para-hydroxylation sites is 2. The van der Waals surface area contributed by atoms with Gasteiger partial charge in [-0.3, -0.25) is 9.69 Å². The molecule has 0 unspecified atom stereocenters. The number of nitrogens with one attached hydrogen (secondary N) is 1. The second-order valence-electron chi connectivity index (χ2n) is 7.10. The van der Waals surface area contributed by atoms with E-state index < -0.39 is 0 Å². The highest BCUT2D eigenvalue weighted by Gasteiger charge is 2.16. The van der Waals surface area contributed by atoms with Crippen molar-refractivity contribution in [1.82, 2.24) is 4.90 Å². The van der Waals surface area contributed by atoms with E-state index in [2.05, 4.69) is 39.4 Å². The Morgan fingerprint density at radius 2 is 1.78 bits per heavy atom. The summed E-state index contributed by atoms with van der Waals surface area (Å²) in [5.41, 5.74) is 3.49. The maximum absolute atomic E-state index is 12.5. The molecule has 144 valence electrons. The second kappa shape index (κ2) is 9.81. The number of amides is 1. The SMILES string of the molecule is CSc1ccccc1NC(=O)CN(C)Cc1ccccc1N1CCCCC1. The minimum absolute atomic E-state index is 0.0226. The molecule has 0 aliphatic carbocycles. The van der Waals surface area contributed by atoms with E-state index in [1.165, 1.54) is 30.5 Å². The van der Waals surface area contributed by atoms with Gasteiger partial charge in [-0.2, -0.15) is 0 Å². The van der Waals surface area contributed by atoms with Gasteiger partial charge in [-0.05, 0) is 56.3 Å². The molecule has 1 amide bonds. The molecule has 1 heterocycles. The fraction of sp³-hybridized carbons (Fsp3) is 0.409. The number of anilines is 2. The van der Waals surface area contributed by atoms with Crippen molar-refractivity contribution in [2.75, 3.05) is 43.2 Å². The highest BCUT2D eigenvalue weighted by molar-refractivity contribution is 7.98. The fourth-order valence-corrected chi connectivity index (χ4v) is 4.17. The Labute approximate surface area is 166 Å². The van der Waals surface area contributed by atoms with Gasteiger partial charge < -0.3 is 10.2 Å². The maximum atomic E-state index is 12.5. The van der Waals surface area contributed by atoms with E-state index >= 15 is 0 Å². The van der Waals surface area contributed by atoms with Crippen LogP contribution in [0.1, 0.15) is 24.8 Å². The van der Waals surface area contributed by atoms with E-state index in [4.69, 9.17) is 0 Å². The Kier molecular flexibility index (Phi) is 7.18. The van der Waals surface area contributed by atoms with Crippen LogP contribution in [-0.4, -0.2) is 43.7 Å². The van der Waals surface area contributed by atoms with Crippen molar-refractivity contribution >= 4 is 29.0 Å². The molecule has 4 nitrogen and oxygen atoms in total. The highest BCUT2D eigenvalue weighted by Crippen LogP contribution is 2.26. The van der Waals surface area contributed by atoms with Crippen molar-refractivity contribution in [3.8, 4) is 0 Å². The standard InChI is InChI=1S/C22H29N3OS/c1-24(17-22(26)23-19-11-5-7-13-21(19)27-2)16-18-10-4-6-12-20(18)25-14-8-3-9-15-25/h4-7,10-13H,3,8-9,14-17H2,1-2H3,(H,23,26). The van der Waals surface area contributed by atoms with E-state index in [0.29, 0.717) is 6.54 Å². The van der Waals surface area contributed by atoms with Crippen LogP contribution in [0.3, 0.4) is 0 Å². The number of hydrogen-bond donors (Lipinski definition) is 1. The molecule has 0 atom stereocenters. The average Bonchev–Trinajstić information content (AvgIpc) is 2.69. The molecule has 2 aromatic rings. The van der Waals surface area contributed by atoms with Crippen LogP contribution < -0.4 is 10.2 Å². The molecule has 2 aromatic carbocycles. The summed E-state index contributed by atoms with van der Waals surface area (Å²) in [7, 11) is 2.01. The van der Waals surface area contributed by atoms with Crippen molar-refractivity contribution in [3.05, 3.63) is 54.1 Å². The molecule has 0 saturated carbocycles. The van der Waals surface area contributed by atoms with Crippen molar-refractivity contribution in [3.63, 3.8) is 0 Å². The lowest BCUT2D eigenvalue weighted by molar-refractivity contribution is -0.117. The van der Waals surface area contributed by atoms with E-state index in [1.807, 2.05) is 37.6 Å². The Balaban J connectivity index is 1.60. The van der Waals surface area contributed by atoms with Gasteiger partial charge in [-0.25, -0.2) is 0 Å². The van der Waals surface area contributed by atoms with Gasteiger partial charge >= 0.3 is 0 Å². The third-order valence-electron chi connectivity index (χ3n) is 4.92. The zero-order valence-electron chi connectivity index (χ0n) is 16.3. The Morgan fingerprint density at radius 3 is 2.56 bits per heavy atom. The summed E-state index contributed by atoms with van der Waals surface area (Å²) in [6.45, 7) is 3.40. The van der Waals surface area contributed by atoms with Gasteiger partial charge in [-0.1, -0.05) is 30.3 Å². The topological polar surface area (TPSA) is 35.6 Å². The van der Waals surface area contributed by atoms with Gasteiger partial charge in [0.25, 0.3) is 0 Å². The molecule has 1 aliphatic heterocycles. The van der Waals surface area contributed by atoms with Gasteiger partial charge in [0, 0.05) is 30.2 Å². The van der Waals surface area contributed by atoms with Crippen LogP contribution in [0.25, 0.3) is 0 Å². The summed E-state index contributed by atoms with van der Waals surface area (Å²) < 4.78 is 0. The number of carbonyl (C=O) groups is 1. The smallest absolute Gasteiger partial charge is 0.238 e. The lowest BCUT2D eigenvalue weighted by Crippen LogP contribution is -2.33. The van der Waals surface area contributed by atoms with E-state index in [9.17, 15) is 4.79 Å². The summed E-state index contributed by atoms with van der Waals surface area (Å²) in [5.74, 6) is 0.0226. The predicted octanol–water partition coefficient (Wildman–Crippen LogP) is 4.47. The lowest BCUT2D eigenvalue weighted by Gasteiger charge is -2.31. The van der Waals surface area contributed by atoms with Gasteiger partial charge in [0.15, 0.2) is 0 Å². The number of likely N-dealkylation sites (N-methyl/N-ethyl adjacent to an activating group) is 1. The summed E-state index contributed by atoms with van der Waals surface area (Å²) in [5, 5.41) is 3.04. The first kappa shape index (κ1) is 19.8. The number of piperidine rings is 1. The van der Waals surface area contributed by atoms with E-state index in [0.717, 1.165) is 30.2 Å². The van der Waals surface area contributed by atoms with E-state index in [1.54, 1.807) is 11.8 Å². The second-order valence-corrected chi connectivity index (χ2v) is 7.95. The minimum atomic E-state index is 0.0226. The first-order valence-corrected chi connectivity index (χ1v) is 10.8. The van der Waals surface area contributed by atoms with Crippen LogP contribution in [-0.2, 0) is 11.3 Å². The molecule has 0 spiro atoms. The molecule has 0 bridgehead atoms. The van der Waals surface area contributed by atoms with Gasteiger partial charge in [-0.15, -0.1) is 11.8 Å². The number of nitrogens with zero attached hydrogens (tertiary/aromatic N) is 2. The number of rotatable bonds is 7. The third-order valence-corrected chi connectivity index (χ3v) is 5.72. The average molecular weight is 384 g/mol. The molecule has 1 N–H and O–H groups in total. The summed E-state index contributed by atoms with van der Waals surface area (Å²) in [4.78, 5) is 18.2. The van der Waals surface area contributed by atoms with Crippen molar-refractivity contribution in [1.29, 1.82) is 0 Å². The summed E-state index contributed by atoms with van der Waals surface area (Å²) in [6, 6.07) is 16.5. The quantitative estimate of drug-likeness (QED) is 0.716. The molecule has 1 saturated heterocycles. The number of carbonyl (C=O) groups excluding carboxylic acids is 1. The molecular formula is C22H29N3OS. The van der Waals surface area contributed by atoms with Crippen molar-refractivity contribution in [2.24, 2.45) is 0 Å². The molecule has 1 fully saturated rings. The number of thioether (sulfide) groups is 1. The molecule has 27 heavy (non-hydrogen) atoms. The Hall–Kier alpha value is -1.98. The number of hydrogen-bond acceptors (Lipinski definition) is 4. The Bertz CT molecular complexity index is 759. The van der Waals surface area contributed by atoms with Crippen LogP contribution in [0.4, 0.5) is 11.4 Å². The zero-order chi connectivity index (χ0) is 19.1. The third kappa shape index (κ3) is 5.50. The monoisotopic (exact) mass is 383 g/mol. The van der Waals surface area contributed by atoms with Gasteiger partial charge in [0.05, 0.1) is 12.2 Å². The van der Waals surface area contributed by atoms with Crippen LogP contribution in [0.2, 0.25) is 0 Å². The van der Waals surface area contributed by atoms with Gasteiger partial charge in [0.1, 0.15) is 0 Å². The van der Waals surface area contributed by atoms with Crippen molar-refractivity contribution in [2.45, 2.75) is 30.7 Å². The van der Waals surface area contributed by atoms with Gasteiger partial charge in [0.2, 0.25) is 5.91 Å². The molecular weight excluding hydrogens is 354 g/mol. The summed E-state index contributed by atoms with van der Waals surface area (Å²) >= 11 is 1.64. The molecule has 1 aliphatic rings. The van der Waals surface area contributed by atoms with E-state index in [-0.39, 0.29) is 5.91 Å². The Morgan fingerprint density at radius 1 is 1.07 bits per heavy atom. The molecule has 0 radical (unpaired) electrons. The van der Waals surface area contributed by atoms with Crippen LogP contribution in [0.15, 0.2) is 53.4 Å². The number of benzene rings is 2. The summed E-state index contributed by atoms with van der Waals surface area (Å²) in [6.07, 6.45) is 5.88. The van der Waals surface area contributed by atoms with Crippen LogP contribution >= 0.6 is 11.8 Å². The first-order chi connectivity index (χ1) is 13.2. The largest absolute Gasteiger partial charge is 0.371 e. The molecule has 0 aromatic heterocycles. The molecule has 3 rings (SSSR count). The van der Waals surface area contributed by atoms with Crippen LogP contribution in [0.5, 0.6) is 0 Å². The predicted molar refractivity (Wildman–Crippen MR) is 116 cm³/mol. The highest BCUT2D eigenvalue weighted by atomic mass is 32.2. The maximum Gasteiger partial charge on any atom is 0.238 e. The first-order valence-electron chi connectivity index (χ1n) is 9.61.